The third kappa shape index (κ3) is 2.78. The fraction of sp³-hybridized carbons (Fsp3) is 0.0833. The van der Waals surface area contributed by atoms with Crippen molar-refractivity contribution in [1.29, 1.82) is 0 Å². The molecular formula is C12H10FN3OS. The molecule has 1 aromatic heterocycles. The van der Waals surface area contributed by atoms with Gasteiger partial charge in [0.15, 0.2) is 0 Å². The number of aryl methyl sites for hydroxylation is 1. The monoisotopic (exact) mass is 263 g/mol. The van der Waals surface area contributed by atoms with Crippen LogP contribution in [0, 0.1) is 12.7 Å². The fourth-order valence-electron chi connectivity index (χ4n) is 1.31. The number of halogens is 1. The van der Waals surface area contributed by atoms with Crippen molar-refractivity contribution >= 4 is 17.2 Å². The van der Waals surface area contributed by atoms with Crippen LogP contribution in [-0.4, -0.2) is 15.0 Å². The van der Waals surface area contributed by atoms with E-state index < -0.39 is 0 Å². The summed E-state index contributed by atoms with van der Waals surface area (Å²) in [7, 11) is 0. The predicted octanol–water partition coefficient (Wildman–Crippen LogP) is 2.35. The van der Waals surface area contributed by atoms with Crippen LogP contribution in [0.5, 0.6) is 11.8 Å². The molecule has 92 valence electrons. The SMILES string of the molecule is Cc1ccc(F)cc1Oc1nccc(C(N)=S)n1. The second-order valence-corrected chi connectivity index (χ2v) is 4.04. The van der Waals surface area contributed by atoms with Crippen molar-refractivity contribution in [2.75, 3.05) is 0 Å². The number of rotatable bonds is 3. The fourth-order valence-corrected chi connectivity index (χ4v) is 1.42. The molecule has 0 bridgehead atoms. The number of aromatic nitrogens is 2. The predicted molar refractivity (Wildman–Crippen MR) is 69.1 cm³/mol. The summed E-state index contributed by atoms with van der Waals surface area (Å²) in [5.41, 5.74) is 6.64. The average Bonchev–Trinajstić information content (AvgIpc) is 2.34. The highest BCUT2D eigenvalue weighted by atomic mass is 32.1. The van der Waals surface area contributed by atoms with Crippen LogP contribution < -0.4 is 10.5 Å². The molecule has 0 saturated heterocycles. The number of ether oxygens (including phenoxy) is 1. The molecule has 0 saturated carbocycles. The van der Waals surface area contributed by atoms with Gasteiger partial charge in [0.1, 0.15) is 22.2 Å². The zero-order chi connectivity index (χ0) is 13.1. The lowest BCUT2D eigenvalue weighted by atomic mass is 10.2. The van der Waals surface area contributed by atoms with Gasteiger partial charge in [0, 0.05) is 12.3 Å². The van der Waals surface area contributed by atoms with E-state index in [0.29, 0.717) is 11.4 Å². The summed E-state index contributed by atoms with van der Waals surface area (Å²) in [4.78, 5) is 8.08. The quantitative estimate of drug-likeness (QED) is 0.861. The second kappa shape index (κ2) is 5.05. The van der Waals surface area contributed by atoms with E-state index in [1.54, 1.807) is 19.1 Å². The van der Waals surface area contributed by atoms with E-state index in [2.05, 4.69) is 9.97 Å². The molecule has 6 heteroatoms. The van der Waals surface area contributed by atoms with Gasteiger partial charge in [-0.05, 0) is 24.6 Å². The Morgan fingerprint density at radius 1 is 1.39 bits per heavy atom. The minimum absolute atomic E-state index is 0.0778. The largest absolute Gasteiger partial charge is 0.424 e. The van der Waals surface area contributed by atoms with E-state index in [4.69, 9.17) is 22.7 Å². The minimum atomic E-state index is -0.388. The van der Waals surface area contributed by atoms with Crippen molar-refractivity contribution in [2.45, 2.75) is 6.92 Å². The van der Waals surface area contributed by atoms with Crippen molar-refractivity contribution in [1.82, 2.24) is 9.97 Å². The first kappa shape index (κ1) is 12.4. The lowest BCUT2D eigenvalue weighted by Crippen LogP contribution is -2.12. The third-order valence-corrected chi connectivity index (χ3v) is 2.45. The zero-order valence-electron chi connectivity index (χ0n) is 9.55. The Balaban J connectivity index is 2.31. The van der Waals surface area contributed by atoms with Crippen molar-refractivity contribution < 1.29 is 9.13 Å². The summed E-state index contributed by atoms with van der Waals surface area (Å²) in [6.07, 6.45) is 1.48. The van der Waals surface area contributed by atoms with E-state index in [1.165, 1.54) is 18.3 Å². The van der Waals surface area contributed by atoms with Crippen molar-refractivity contribution in [2.24, 2.45) is 5.73 Å². The topological polar surface area (TPSA) is 61.0 Å². The molecule has 2 N–H and O–H groups in total. The molecule has 0 spiro atoms. The summed E-state index contributed by atoms with van der Waals surface area (Å²) in [5, 5.41) is 0. The zero-order valence-corrected chi connectivity index (χ0v) is 10.4. The van der Waals surface area contributed by atoms with Crippen molar-refractivity contribution in [3.8, 4) is 11.8 Å². The molecule has 4 nitrogen and oxygen atoms in total. The Bertz CT molecular complexity index is 604. The highest BCUT2D eigenvalue weighted by molar-refractivity contribution is 7.80. The molecule has 0 fully saturated rings. The molecule has 0 atom stereocenters. The van der Waals surface area contributed by atoms with Gasteiger partial charge in [0.2, 0.25) is 0 Å². The average molecular weight is 263 g/mol. The number of nitrogens with two attached hydrogens (primary N) is 1. The number of hydrogen-bond acceptors (Lipinski definition) is 4. The summed E-state index contributed by atoms with van der Waals surface area (Å²) in [6.45, 7) is 1.80. The molecule has 0 aliphatic rings. The van der Waals surface area contributed by atoms with Crippen LogP contribution >= 0.6 is 12.2 Å². The van der Waals surface area contributed by atoms with Gasteiger partial charge in [0.25, 0.3) is 0 Å². The van der Waals surface area contributed by atoms with E-state index >= 15 is 0 Å². The maximum absolute atomic E-state index is 13.1. The number of benzene rings is 1. The van der Waals surface area contributed by atoms with Gasteiger partial charge < -0.3 is 10.5 Å². The minimum Gasteiger partial charge on any atom is -0.424 e. The molecule has 1 aromatic carbocycles. The van der Waals surface area contributed by atoms with Crippen LogP contribution in [0.25, 0.3) is 0 Å². The van der Waals surface area contributed by atoms with Crippen LogP contribution in [0.2, 0.25) is 0 Å². The maximum atomic E-state index is 13.1. The maximum Gasteiger partial charge on any atom is 0.322 e. The first-order valence-electron chi connectivity index (χ1n) is 5.13. The molecular weight excluding hydrogens is 253 g/mol. The van der Waals surface area contributed by atoms with Crippen LogP contribution in [0.3, 0.4) is 0 Å². The summed E-state index contributed by atoms with van der Waals surface area (Å²) < 4.78 is 18.5. The molecule has 0 radical (unpaired) electrons. The summed E-state index contributed by atoms with van der Waals surface area (Å²) >= 11 is 4.80. The highest BCUT2D eigenvalue weighted by Crippen LogP contribution is 2.23. The van der Waals surface area contributed by atoms with Gasteiger partial charge in [-0.2, -0.15) is 4.98 Å². The second-order valence-electron chi connectivity index (χ2n) is 3.60. The molecule has 0 aliphatic carbocycles. The van der Waals surface area contributed by atoms with Gasteiger partial charge in [0.05, 0.1) is 0 Å². The van der Waals surface area contributed by atoms with Crippen LogP contribution in [0.1, 0.15) is 11.3 Å². The van der Waals surface area contributed by atoms with Crippen molar-refractivity contribution in [3.63, 3.8) is 0 Å². The first-order valence-corrected chi connectivity index (χ1v) is 5.54. The highest BCUT2D eigenvalue weighted by Gasteiger charge is 2.07. The molecule has 1 heterocycles. The molecule has 18 heavy (non-hydrogen) atoms. The van der Waals surface area contributed by atoms with E-state index in [0.717, 1.165) is 5.56 Å². The van der Waals surface area contributed by atoms with Crippen molar-refractivity contribution in [3.05, 3.63) is 47.5 Å². The molecule has 2 rings (SSSR count). The van der Waals surface area contributed by atoms with Crippen LogP contribution in [-0.2, 0) is 0 Å². The Labute approximate surface area is 109 Å². The lowest BCUT2D eigenvalue weighted by Gasteiger charge is -2.07. The number of hydrogen-bond donors (Lipinski definition) is 1. The van der Waals surface area contributed by atoms with Gasteiger partial charge in [-0.3, -0.25) is 0 Å². The van der Waals surface area contributed by atoms with Crippen LogP contribution in [0.4, 0.5) is 4.39 Å². The number of nitrogens with zero attached hydrogens (tertiary/aromatic N) is 2. The smallest absolute Gasteiger partial charge is 0.322 e. The Morgan fingerprint density at radius 2 is 2.17 bits per heavy atom. The van der Waals surface area contributed by atoms with E-state index in [1.807, 2.05) is 0 Å². The normalized spacial score (nSPS) is 10.1. The van der Waals surface area contributed by atoms with Gasteiger partial charge >= 0.3 is 6.01 Å². The van der Waals surface area contributed by atoms with Gasteiger partial charge in [-0.15, -0.1) is 0 Å². The number of thiocarbonyl (C=S) groups is 1. The Morgan fingerprint density at radius 3 is 2.89 bits per heavy atom. The van der Waals surface area contributed by atoms with Gasteiger partial charge in [-0.25, -0.2) is 9.37 Å². The Kier molecular flexibility index (Phi) is 3.47. The molecule has 0 unspecified atom stereocenters. The summed E-state index contributed by atoms with van der Waals surface area (Å²) in [6, 6.07) is 5.89. The first-order chi connectivity index (χ1) is 8.56. The molecule has 2 aromatic rings. The van der Waals surface area contributed by atoms with E-state index in [-0.39, 0.29) is 16.8 Å². The van der Waals surface area contributed by atoms with E-state index in [9.17, 15) is 4.39 Å². The lowest BCUT2D eigenvalue weighted by molar-refractivity contribution is 0.434. The molecule has 0 amide bonds. The summed E-state index contributed by atoms with van der Waals surface area (Å²) in [5.74, 6) is -0.0313. The third-order valence-electron chi connectivity index (χ3n) is 2.24. The van der Waals surface area contributed by atoms with Gasteiger partial charge in [-0.1, -0.05) is 18.3 Å². The Hall–Kier alpha value is -2.08. The molecule has 0 aliphatic heterocycles. The standard InChI is InChI=1S/C12H10FN3OS/c1-7-2-3-8(13)6-10(7)17-12-15-5-4-9(16-12)11(14)18/h2-6H,1H3,(H2,14,18). The van der Waals surface area contributed by atoms with Crippen LogP contribution in [0.15, 0.2) is 30.5 Å².